The summed E-state index contributed by atoms with van der Waals surface area (Å²) in [5.74, 6) is 0.772. The smallest absolute Gasteiger partial charge is 0.124 e. The predicted octanol–water partition coefficient (Wildman–Crippen LogP) is 2.06. The van der Waals surface area contributed by atoms with E-state index in [4.69, 9.17) is 4.74 Å². The van der Waals surface area contributed by atoms with E-state index in [1.165, 1.54) is 0 Å². The highest BCUT2D eigenvalue weighted by Crippen LogP contribution is 2.27. The van der Waals surface area contributed by atoms with Crippen LogP contribution in [0.1, 0.15) is 31.1 Å². The normalized spacial score (nSPS) is 19.0. The molecule has 0 saturated carbocycles. The zero-order valence-electron chi connectivity index (χ0n) is 13.7. The Morgan fingerprint density at radius 2 is 1.86 bits per heavy atom. The summed E-state index contributed by atoms with van der Waals surface area (Å²) in [5.41, 5.74) is 2.04. The van der Waals surface area contributed by atoms with E-state index < -0.39 is 6.10 Å². The van der Waals surface area contributed by atoms with E-state index in [1.807, 2.05) is 25.1 Å². The second kappa shape index (κ2) is 7.25. The second-order valence-electron chi connectivity index (χ2n) is 6.19. The van der Waals surface area contributed by atoms with Crippen molar-refractivity contribution in [1.82, 2.24) is 9.80 Å². The van der Waals surface area contributed by atoms with Gasteiger partial charge in [0.2, 0.25) is 0 Å². The van der Waals surface area contributed by atoms with Crippen LogP contribution in [0.5, 0.6) is 5.75 Å². The Balaban J connectivity index is 1.96. The van der Waals surface area contributed by atoms with Crippen LogP contribution < -0.4 is 4.74 Å². The third-order valence-electron chi connectivity index (χ3n) is 4.31. The van der Waals surface area contributed by atoms with Crippen molar-refractivity contribution in [2.24, 2.45) is 0 Å². The van der Waals surface area contributed by atoms with Gasteiger partial charge < -0.3 is 9.84 Å². The molecule has 1 aromatic carbocycles. The Labute approximate surface area is 128 Å². The number of benzene rings is 1. The van der Waals surface area contributed by atoms with Gasteiger partial charge >= 0.3 is 0 Å². The van der Waals surface area contributed by atoms with Crippen molar-refractivity contribution >= 4 is 0 Å². The molecule has 0 radical (unpaired) electrons. The summed E-state index contributed by atoms with van der Waals surface area (Å²) in [5, 5.41) is 10.5. The monoisotopic (exact) mass is 292 g/mol. The summed E-state index contributed by atoms with van der Waals surface area (Å²) < 4.78 is 5.37. The molecule has 1 aromatic rings. The Hall–Kier alpha value is -1.10. The van der Waals surface area contributed by atoms with Crippen LogP contribution in [-0.4, -0.2) is 60.8 Å². The number of methoxy groups -OCH3 is 1. The van der Waals surface area contributed by atoms with Gasteiger partial charge in [-0.1, -0.05) is 11.6 Å². The number of nitrogens with zero attached hydrogens (tertiary/aromatic N) is 2. The van der Waals surface area contributed by atoms with Gasteiger partial charge in [-0.05, 0) is 32.9 Å². The SMILES string of the molecule is COc1ccc(C)cc1C(O)CN1CCN(C(C)C)CC1. The van der Waals surface area contributed by atoms with Gasteiger partial charge in [-0.25, -0.2) is 0 Å². The summed E-state index contributed by atoms with van der Waals surface area (Å²) in [6.07, 6.45) is -0.495. The number of hydrogen-bond acceptors (Lipinski definition) is 4. The molecule has 1 fully saturated rings. The zero-order chi connectivity index (χ0) is 15.4. The van der Waals surface area contributed by atoms with E-state index in [-0.39, 0.29) is 0 Å². The molecule has 0 aliphatic carbocycles. The maximum Gasteiger partial charge on any atom is 0.124 e. The molecule has 1 aliphatic rings. The fourth-order valence-corrected chi connectivity index (χ4v) is 2.92. The van der Waals surface area contributed by atoms with Crippen molar-refractivity contribution in [3.8, 4) is 5.75 Å². The van der Waals surface area contributed by atoms with Gasteiger partial charge in [0, 0.05) is 44.3 Å². The van der Waals surface area contributed by atoms with Gasteiger partial charge in [0.05, 0.1) is 13.2 Å². The number of aryl methyl sites for hydroxylation is 1. The van der Waals surface area contributed by atoms with Crippen LogP contribution in [0, 0.1) is 6.92 Å². The third-order valence-corrected chi connectivity index (χ3v) is 4.31. The van der Waals surface area contributed by atoms with Crippen LogP contribution in [0.15, 0.2) is 18.2 Å². The fraction of sp³-hybridized carbons (Fsp3) is 0.647. The van der Waals surface area contributed by atoms with E-state index in [9.17, 15) is 5.11 Å². The molecule has 0 spiro atoms. The van der Waals surface area contributed by atoms with E-state index >= 15 is 0 Å². The van der Waals surface area contributed by atoms with Crippen molar-refractivity contribution in [1.29, 1.82) is 0 Å². The van der Waals surface area contributed by atoms with Crippen molar-refractivity contribution in [2.45, 2.75) is 32.9 Å². The number of hydrogen-bond donors (Lipinski definition) is 1. The van der Waals surface area contributed by atoms with Gasteiger partial charge in [-0.2, -0.15) is 0 Å². The number of β-amino-alcohol motifs (C(OH)–C–C–N with tert-alkyl or cyclic N) is 1. The molecule has 1 aliphatic heterocycles. The lowest BCUT2D eigenvalue weighted by atomic mass is 10.0. The molecule has 4 nitrogen and oxygen atoms in total. The van der Waals surface area contributed by atoms with Gasteiger partial charge in [0.1, 0.15) is 5.75 Å². The molecule has 21 heavy (non-hydrogen) atoms. The lowest BCUT2D eigenvalue weighted by molar-refractivity contribution is 0.0611. The molecule has 1 N–H and O–H groups in total. The first kappa shape index (κ1) is 16.3. The number of ether oxygens (including phenoxy) is 1. The maximum atomic E-state index is 10.5. The van der Waals surface area contributed by atoms with E-state index in [0.717, 1.165) is 43.1 Å². The van der Waals surface area contributed by atoms with Crippen LogP contribution in [0.3, 0.4) is 0 Å². The quantitative estimate of drug-likeness (QED) is 0.901. The van der Waals surface area contributed by atoms with E-state index in [1.54, 1.807) is 7.11 Å². The van der Waals surface area contributed by atoms with Crippen LogP contribution in [0.4, 0.5) is 0 Å². The Kier molecular flexibility index (Phi) is 5.62. The molecular weight excluding hydrogens is 264 g/mol. The molecule has 118 valence electrons. The summed E-state index contributed by atoms with van der Waals surface area (Å²) in [6, 6.07) is 6.57. The van der Waals surface area contributed by atoms with Gasteiger partial charge in [0.25, 0.3) is 0 Å². The van der Waals surface area contributed by atoms with Gasteiger partial charge in [-0.15, -0.1) is 0 Å². The Morgan fingerprint density at radius 3 is 2.43 bits per heavy atom. The van der Waals surface area contributed by atoms with Crippen LogP contribution in [0.2, 0.25) is 0 Å². The highest BCUT2D eigenvalue weighted by molar-refractivity contribution is 5.38. The Morgan fingerprint density at radius 1 is 1.19 bits per heavy atom. The molecular formula is C17H28N2O2. The average Bonchev–Trinajstić information content (AvgIpc) is 2.47. The average molecular weight is 292 g/mol. The molecule has 1 atom stereocenters. The molecule has 0 aromatic heterocycles. The first-order valence-corrected chi connectivity index (χ1v) is 7.80. The summed E-state index contributed by atoms with van der Waals surface area (Å²) >= 11 is 0. The maximum absolute atomic E-state index is 10.5. The minimum absolute atomic E-state index is 0.495. The second-order valence-corrected chi connectivity index (χ2v) is 6.19. The van der Waals surface area contributed by atoms with Gasteiger partial charge in [0.15, 0.2) is 0 Å². The highest BCUT2D eigenvalue weighted by Gasteiger charge is 2.22. The lowest BCUT2D eigenvalue weighted by Crippen LogP contribution is -2.49. The van der Waals surface area contributed by atoms with Crippen LogP contribution >= 0.6 is 0 Å². The molecule has 4 heteroatoms. The van der Waals surface area contributed by atoms with Crippen LogP contribution in [0.25, 0.3) is 0 Å². The highest BCUT2D eigenvalue weighted by atomic mass is 16.5. The standard InChI is InChI=1S/C17H28N2O2/c1-13(2)19-9-7-18(8-10-19)12-16(20)15-11-14(3)5-6-17(15)21-4/h5-6,11,13,16,20H,7-10,12H2,1-4H3. The lowest BCUT2D eigenvalue weighted by Gasteiger charge is -2.37. The number of aliphatic hydroxyl groups is 1. The van der Waals surface area contributed by atoms with E-state index in [2.05, 4.69) is 23.6 Å². The zero-order valence-corrected chi connectivity index (χ0v) is 13.7. The van der Waals surface area contributed by atoms with Crippen LogP contribution in [-0.2, 0) is 0 Å². The van der Waals surface area contributed by atoms with Crippen molar-refractivity contribution in [3.63, 3.8) is 0 Å². The van der Waals surface area contributed by atoms with Crippen molar-refractivity contribution in [3.05, 3.63) is 29.3 Å². The van der Waals surface area contributed by atoms with Crippen molar-refractivity contribution < 1.29 is 9.84 Å². The van der Waals surface area contributed by atoms with E-state index in [0.29, 0.717) is 12.6 Å². The number of aliphatic hydroxyl groups excluding tert-OH is 1. The molecule has 0 bridgehead atoms. The molecule has 1 saturated heterocycles. The topological polar surface area (TPSA) is 35.9 Å². The molecule has 0 amide bonds. The Bertz CT molecular complexity index is 454. The number of piperazine rings is 1. The molecule has 1 unspecified atom stereocenters. The molecule has 2 rings (SSSR count). The first-order valence-electron chi connectivity index (χ1n) is 7.80. The summed E-state index contributed by atoms with van der Waals surface area (Å²) in [7, 11) is 1.66. The fourth-order valence-electron chi connectivity index (χ4n) is 2.92. The first-order chi connectivity index (χ1) is 10.0. The minimum atomic E-state index is -0.495. The minimum Gasteiger partial charge on any atom is -0.496 e. The summed E-state index contributed by atoms with van der Waals surface area (Å²) in [6.45, 7) is 11.4. The number of rotatable bonds is 5. The van der Waals surface area contributed by atoms with Gasteiger partial charge in [-0.3, -0.25) is 9.80 Å². The van der Waals surface area contributed by atoms with Crippen molar-refractivity contribution in [2.75, 3.05) is 39.8 Å². The third kappa shape index (κ3) is 4.19. The largest absolute Gasteiger partial charge is 0.496 e. The molecule has 1 heterocycles. The predicted molar refractivity (Wildman–Crippen MR) is 85.8 cm³/mol. The summed E-state index contributed by atoms with van der Waals surface area (Å²) in [4.78, 5) is 4.82.